The van der Waals surface area contributed by atoms with E-state index in [9.17, 15) is 4.79 Å². The van der Waals surface area contributed by atoms with Gasteiger partial charge in [-0.2, -0.15) is 0 Å². The van der Waals surface area contributed by atoms with Crippen molar-refractivity contribution < 1.29 is 9.53 Å². The number of piperidine rings is 1. The van der Waals surface area contributed by atoms with Gasteiger partial charge in [-0.3, -0.25) is 4.79 Å². The Morgan fingerprint density at radius 3 is 2.86 bits per heavy atom. The Hall–Kier alpha value is -1.07. The lowest BCUT2D eigenvalue weighted by Crippen LogP contribution is -2.32. The summed E-state index contributed by atoms with van der Waals surface area (Å²) in [5.41, 5.74) is 0.735. The van der Waals surface area contributed by atoms with Gasteiger partial charge in [0.2, 0.25) is 5.91 Å². The minimum absolute atomic E-state index is 0.0603. The monoisotopic (exact) mass is 368 g/mol. The third-order valence-corrected chi connectivity index (χ3v) is 4.70. The fourth-order valence-electron chi connectivity index (χ4n) is 2.95. The second-order valence-electron chi connectivity index (χ2n) is 5.89. The van der Waals surface area contributed by atoms with Crippen LogP contribution in [0.25, 0.3) is 0 Å². The molecule has 5 heteroatoms. The number of hydrogen-bond donors (Lipinski definition) is 2. The van der Waals surface area contributed by atoms with Crippen molar-refractivity contribution in [3.63, 3.8) is 0 Å². The van der Waals surface area contributed by atoms with Crippen molar-refractivity contribution in [1.82, 2.24) is 5.32 Å². The van der Waals surface area contributed by atoms with E-state index >= 15 is 0 Å². The molecule has 1 aromatic rings. The van der Waals surface area contributed by atoms with Crippen LogP contribution in [0, 0.1) is 11.8 Å². The standard InChI is InChI=1S/C17H25BrN2O2/c1-3-22-16-5-4-14(18)11-15(16)20-17(21)10-12(2)13-6-8-19-9-7-13/h4-5,11-13,19H,3,6-10H2,1-2H3,(H,20,21). The summed E-state index contributed by atoms with van der Waals surface area (Å²) in [6, 6.07) is 5.68. The Morgan fingerprint density at radius 2 is 2.18 bits per heavy atom. The van der Waals surface area contributed by atoms with Gasteiger partial charge in [0.15, 0.2) is 0 Å². The summed E-state index contributed by atoms with van der Waals surface area (Å²) < 4.78 is 6.50. The zero-order valence-corrected chi connectivity index (χ0v) is 14.9. The van der Waals surface area contributed by atoms with E-state index in [4.69, 9.17) is 4.74 Å². The summed E-state index contributed by atoms with van der Waals surface area (Å²) in [6.07, 6.45) is 2.88. The van der Waals surface area contributed by atoms with Crippen molar-refractivity contribution in [3.05, 3.63) is 22.7 Å². The molecule has 1 unspecified atom stereocenters. The lowest BCUT2D eigenvalue weighted by atomic mass is 9.84. The zero-order chi connectivity index (χ0) is 15.9. The third kappa shape index (κ3) is 4.99. The van der Waals surface area contributed by atoms with E-state index in [0.29, 0.717) is 30.6 Å². The molecule has 0 bridgehead atoms. The van der Waals surface area contributed by atoms with E-state index in [1.165, 1.54) is 0 Å². The molecule has 2 rings (SSSR count). The van der Waals surface area contributed by atoms with Crippen molar-refractivity contribution in [2.45, 2.75) is 33.1 Å². The first-order chi connectivity index (χ1) is 10.6. The largest absolute Gasteiger partial charge is 0.492 e. The topological polar surface area (TPSA) is 50.4 Å². The molecule has 1 aliphatic rings. The maximum absolute atomic E-state index is 12.3. The second kappa shape index (κ2) is 8.53. The number of anilines is 1. The fourth-order valence-corrected chi connectivity index (χ4v) is 3.32. The summed E-state index contributed by atoms with van der Waals surface area (Å²) >= 11 is 3.44. The lowest BCUT2D eigenvalue weighted by Gasteiger charge is -2.28. The molecular weight excluding hydrogens is 344 g/mol. The molecule has 122 valence electrons. The lowest BCUT2D eigenvalue weighted by molar-refractivity contribution is -0.117. The van der Waals surface area contributed by atoms with E-state index in [2.05, 4.69) is 33.5 Å². The van der Waals surface area contributed by atoms with E-state index in [0.717, 1.165) is 36.1 Å². The SMILES string of the molecule is CCOc1ccc(Br)cc1NC(=O)CC(C)C1CCNCC1. The van der Waals surface area contributed by atoms with Crippen LogP contribution in [0.5, 0.6) is 5.75 Å². The van der Waals surface area contributed by atoms with Crippen molar-refractivity contribution in [1.29, 1.82) is 0 Å². The Bertz CT molecular complexity index is 501. The summed E-state index contributed by atoms with van der Waals surface area (Å²) in [6.45, 7) is 6.83. The van der Waals surface area contributed by atoms with Crippen LogP contribution >= 0.6 is 15.9 Å². The van der Waals surface area contributed by atoms with E-state index in [1.54, 1.807) is 0 Å². The number of rotatable bonds is 6. The Kier molecular flexibility index (Phi) is 6.70. The third-order valence-electron chi connectivity index (χ3n) is 4.21. The van der Waals surface area contributed by atoms with Gasteiger partial charge in [-0.05, 0) is 62.9 Å². The van der Waals surface area contributed by atoms with Crippen LogP contribution in [-0.4, -0.2) is 25.6 Å². The summed E-state index contributed by atoms with van der Waals surface area (Å²) in [5.74, 6) is 1.82. The van der Waals surface area contributed by atoms with E-state index < -0.39 is 0 Å². The predicted octanol–water partition coefficient (Wildman–Crippen LogP) is 3.81. The van der Waals surface area contributed by atoms with Crippen LogP contribution in [0.15, 0.2) is 22.7 Å². The number of halogens is 1. The molecule has 1 amide bonds. The number of hydrogen-bond acceptors (Lipinski definition) is 3. The van der Waals surface area contributed by atoms with Crippen molar-refractivity contribution in [2.75, 3.05) is 25.0 Å². The highest BCUT2D eigenvalue weighted by Crippen LogP contribution is 2.29. The summed E-state index contributed by atoms with van der Waals surface area (Å²) in [5, 5.41) is 6.36. The number of carbonyl (C=O) groups excluding carboxylic acids is 1. The first-order valence-corrected chi connectivity index (χ1v) is 8.82. The maximum atomic E-state index is 12.3. The van der Waals surface area contributed by atoms with Gasteiger partial charge in [-0.15, -0.1) is 0 Å². The van der Waals surface area contributed by atoms with Crippen molar-refractivity contribution in [2.24, 2.45) is 11.8 Å². The van der Waals surface area contributed by atoms with E-state index in [1.807, 2.05) is 25.1 Å². The summed E-state index contributed by atoms with van der Waals surface area (Å²) in [4.78, 5) is 12.3. The van der Waals surface area contributed by atoms with Gasteiger partial charge in [0, 0.05) is 10.9 Å². The Labute approximate surface area is 141 Å². The van der Waals surface area contributed by atoms with Gasteiger partial charge in [0.05, 0.1) is 12.3 Å². The molecule has 0 aliphatic carbocycles. The fraction of sp³-hybridized carbons (Fsp3) is 0.588. The second-order valence-corrected chi connectivity index (χ2v) is 6.81. The Morgan fingerprint density at radius 1 is 1.45 bits per heavy atom. The number of nitrogens with one attached hydrogen (secondary N) is 2. The number of ether oxygens (including phenoxy) is 1. The molecule has 0 aromatic heterocycles. The van der Waals surface area contributed by atoms with Crippen LogP contribution < -0.4 is 15.4 Å². The Balaban J connectivity index is 1.94. The van der Waals surface area contributed by atoms with Crippen LogP contribution in [0.2, 0.25) is 0 Å². The van der Waals surface area contributed by atoms with Crippen LogP contribution in [-0.2, 0) is 4.79 Å². The molecule has 1 atom stereocenters. The molecule has 1 saturated heterocycles. The van der Waals surface area contributed by atoms with Gasteiger partial charge in [-0.25, -0.2) is 0 Å². The maximum Gasteiger partial charge on any atom is 0.224 e. The van der Waals surface area contributed by atoms with Gasteiger partial charge < -0.3 is 15.4 Å². The van der Waals surface area contributed by atoms with Gasteiger partial charge in [0.25, 0.3) is 0 Å². The normalized spacial score (nSPS) is 17.0. The smallest absolute Gasteiger partial charge is 0.224 e. The van der Waals surface area contributed by atoms with Crippen molar-refractivity contribution >= 4 is 27.5 Å². The highest BCUT2D eigenvalue weighted by atomic mass is 79.9. The average Bonchev–Trinajstić information content (AvgIpc) is 2.51. The average molecular weight is 369 g/mol. The van der Waals surface area contributed by atoms with E-state index in [-0.39, 0.29) is 5.91 Å². The summed E-state index contributed by atoms with van der Waals surface area (Å²) in [7, 11) is 0. The predicted molar refractivity (Wildman–Crippen MR) is 93.3 cm³/mol. The first kappa shape index (κ1) is 17.3. The van der Waals surface area contributed by atoms with Crippen LogP contribution in [0.3, 0.4) is 0 Å². The molecule has 1 heterocycles. The highest BCUT2D eigenvalue weighted by molar-refractivity contribution is 9.10. The quantitative estimate of drug-likeness (QED) is 0.802. The molecule has 2 N–H and O–H groups in total. The first-order valence-electron chi connectivity index (χ1n) is 8.03. The number of amides is 1. The molecule has 0 saturated carbocycles. The minimum Gasteiger partial charge on any atom is -0.492 e. The van der Waals surface area contributed by atoms with Gasteiger partial charge in [-0.1, -0.05) is 22.9 Å². The van der Waals surface area contributed by atoms with Crippen LogP contribution in [0.4, 0.5) is 5.69 Å². The molecule has 1 aromatic carbocycles. The minimum atomic E-state index is 0.0603. The number of carbonyl (C=O) groups is 1. The van der Waals surface area contributed by atoms with Crippen molar-refractivity contribution in [3.8, 4) is 5.75 Å². The van der Waals surface area contributed by atoms with Gasteiger partial charge in [0.1, 0.15) is 5.75 Å². The molecule has 1 fully saturated rings. The zero-order valence-electron chi connectivity index (χ0n) is 13.3. The van der Waals surface area contributed by atoms with Gasteiger partial charge >= 0.3 is 0 Å². The number of benzene rings is 1. The molecular formula is C17H25BrN2O2. The van der Waals surface area contributed by atoms with Crippen LogP contribution in [0.1, 0.15) is 33.1 Å². The molecule has 4 nitrogen and oxygen atoms in total. The molecule has 0 spiro atoms. The molecule has 0 radical (unpaired) electrons. The molecule has 1 aliphatic heterocycles. The highest BCUT2D eigenvalue weighted by Gasteiger charge is 2.22. The molecule has 22 heavy (non-hydrogen) atoms.